The number of nitro groups is 1. The fourth-order valence-corrected chi connectivity index (χ4v) is 1.62. The lowest BCUT2D eigenvalue weighted by molar-refractivity contribution is -0.384. The summed E-state index contributed by atoms with van der Waals surface area (Å²) in [5.74, 6) is 0. The number of hydrogen-bond acceptors (Lipinski definition) is 4. The molecule has 0 aliphatic heterocycles. The van der Waals surface area contributed by atoms with Crippen LogP contribution in [0.2, 0.25) is 0 Å². The minimum absolute atomic E-state index is 0.0661. The normalized spacial score (nSPS) is 9.88. The summed E-state index contributed by atoms with van der Waals surface area (Å²) in [4.78, 5) is 25.2. The van der Waals surface area contributed by atoms with Gasteiger partial charge in [-0.15, -0.1) is 0 Å². The smallest absolute Gasteiger partial charge is 0.287 e. The molecular weight excluding hydrogens is 220 g/mol. The Morgan fingerprint density at radius 2 is 2.06 bits per heavy atom. The number of pyridine rings is 1. The summed E-state index contributed by atoms with van der Waals surface area (Å²) in [7, 11) is 0. The van der Waals surface area contributed by atoms with E-state index in [2.05, 4.69) is 4.98 Å². The van der Waals surface area contributed by atoms with Gasteiger partial charge in [0.25, 0.3) is 5.69 Å². The first-order chi connectivity index (χ1) is 8.24. The van der Waals surface area contributed by atoms with Crippen LogP contribution < -0.4 is 0 Å². The van der Waals surface area contributed by atoms with E-state index in [4.69, 9.17) is 0 Å². The van der Waals surface area contributed by atoms with Crippen molar-refractivity contribution >= 4 is 12.0 Å². The lowest BCUT2D eigenvalue weighted by Crippen LogP contribution is -1.97. The van der Waals surface area contributed by atoms with Crippen molar-refractivity contribution in [3.63, 3.8) is 0 Å². The van der Waals surface area contributed by atoms with Gasteiger partial charge in [0.15, 0.2) is 6.29 Å². The van der Waals surface area contributed by atoms with Crippen LogP contribution in [0, 0.1) is 10.1 Å². The molecule has 2 rings (SSSR count). The van der Waals surface area contributed by atoms with Crippen LogP contribution in [0.5, 0.6) is 0 Å². The molecule has 0 unspecified atom stereocenters. The van der Waals surface area contributed by atoms with Crippen molar-refractivity contribution in [2.24, 2.45) is 0 Å². The molecule has 1 aromatic heterocycles. The summed E-state index contributed by atoms with van der Waals surface area (Å²) in [6.45, 7) is 0. The summed E-state index contributed by atoms with van der Waals surface area (Å²) >= 11 is 0. The van der Waals surface area contributed by atoms with Gasteiger partial charge in [-0.25, -0.2) is 0 Å². The first-order valence-electron chi connectivity index (χ1n) is 4.87. The second-order valence-corrected chi connectivity index (χ2v) is 3.36. The molecule has 2 aromatic rings. The van der Waals surface area contributed by atoms with Gasteiger partial charge in [0.05, 0.1) is 16.1 Å². The third-order valence-corrected chi connectivity index (χ3v) is 2.35. The number of hydrogen-bond donors (Lipinski definition) is 0. The van der Waals surface area contributed by atoms with Gasteiger partial charge in [-0.1, -0.05) is 12.1 Å². The number of carbonyl (C=O) groups excluding carboxylic acids is 1. The van der Waals surface area contributed by atoms with Crippen molar-refractivity contribution in [2.75, 3.05) is 0 Å². The van der Waals surface area contributed by atoms with Crippen LogP contribution in [0.3, 0.4) is 0 Å². The van der Waals surface area contributed by atoms with Gasteiger partial charge in [-0.05, 0) is 18.2 Å². The van der Waals surface area contributed by atoms with Gasteiger partial charge in [-0.3, -0.25) is 19.9 Å². The highest BCUT2D eigenvalue weighted by Crippen LogP contribution is 2.31. The third-order valence-electron chi connectivity index (χ3n) is 2.35. The van der Waals surface area contributed by atoms with E-state index in [0.717, 1.165) is 0 Å². The van der Waals surface area contributed by atoms with Crippen LogP contribution in [0.15, 0.2) is 42.7 Å². The number of nitro benzene ring substituents is 1. The summed E-state index contributed by atoms with van der Waals surface area (Å²) in [6.07, 6.45) is 3.59. The molecule has 0 radical (unpaired) electrons. The van der Waals surface area contributed by atoms with Crippen molar-refractivity contribution in [2.45, 2.75) is 0 Å². The van der Waals surface area contributed by atoms with Crippen LogP contribution in [0.4, 0.5) is 5.69 Å². The topological polar surface area (TPSA) is 73.1 Å². The molecule has 17 heavy (non-hydrogen) atoms. The fourth-order valence-electron chi connectivity index (χ4n) is 1.62. The molecule has 0 atom stereocenters. The molecule has 5 heteroatoms. The first kappa shape index (κ1) is 10.9. The van der Waals surface area contributed by atoms with E-state index >= 15 is 0 Å². The molecule has 0 N–H and O–H groups in total. The highest BCUT2D eigenvalue weighted by molar-refractivity contribution is 5.88. The average Bonchev–Trinajstić information content (AvgIpc) is 2.38. The maximum Gasteiger partial charge on any atom is 0.287 e. The van der Waals surface area contributed by atoms with Crippen molar-refractivity contribution in [1.82, 2.24) is 4.98 Å². The van der Waals surface area contributed by atoms with E-state index in [1.165, 1.54) is 12.3 Å². The quantitative estimate of drug-likeness (QED) is 0.459. The molecule has 0 aliphatic rings. The molecule has 0 amide bonds. The lowest BCUT2D eigenvalue weighted by Gasteiger charge is -2.03. The third kappa shape index (κ3) is 2.03. The maximum absolute atomic E-state index is 11.0. The summed E-state index contributed by atoms with van der Waals surface area (Å²) in [6, 6.07) is 8.03. The van der Waals surface area contributed by atoms with Crippen molar-refractivity contribution in [3.8, 4) is 11.1 Å². The van der Waals surface area contributed by atoms with Crippen LogP contribution in [0.25, 0.3) is 11.1 Å². The standard InChI is InChI=1S/C12H8N2O3/c15-8-10-3-1-5-11(12(10)14(16)17)9-4-2-6-13-7-9/h1-8H. The second-order valence-electron chi connectivity index (χ2n) is 3.36. The second kappa shape index (κ2) is 4.52. The van der Waals surface area contributed by atoms with Gasteiger partial charge in [0.2, 0.25) is 0 Å². The predicted molar refractivity (Wildman–Crippen MR) is 61.7 cm³/mol. The fraction of sp³-hybridized carbons (Fsp3) is 0. The van der Waals surface area contributed by atoms with Crippen molar-refractivity contribution < 1.29 is 9.72 Å². The van der Waals surface area contributed by atoms with Crippen molar-refractivity contribution in [1.29, 1.82) is 0 Å². The van der Waals surface area contributed by atoms with Crippen LogP contribution in [0.1, 0.15) is 10.4 Å². The van der Waals surface area contributed by atoms with Gasteiger partial charge >= 0.3 is 0 Å². The number of aldehydes is 1. The zero-order chi connectivity index (χ0) is 12.3. The molecule has 0 saturated carbocycles. The van der Waals surface area contributed by atoms with E-state index in [-0.39, 0.29) is 11.3 Å². The molecule has 1 heterocycles. The maximum atomic E-state index is 11.0. The Kier molecular flexibility index (Phi) is 2.91. The zero-order valence-electron chi connectivity index (χ0n) is 8.74. The van der Waals surface area contributed by atoms with Crippen LogP contribution in [-0.4, -0.2) is 16.2 Å². The van der Waals surface area contributed by atoms with Gasteiger partial charge in [0.1, 0.15) is 0 Å². The van der Waals surface area contributed by atoms with Crippen molar-refractivity contribution in [3.05, 3.63) is 58.4 Å². The molecule has 5 nitrogen and oxygen atoms in total. The molecule has 0 bridgehead atoms. The Balaban J connectivity index is 2.70. The van der Waals surface area contributed by atoms with E-state index in [1.807, 2.05) is 0 Å². The summed E-state index contributed by atoms with van der Waals surface area (Å²) in [5, 5.41) is 11.0. The number of rotatable bonds is 3. The zero-order valence-corrected chi connectivity index (χ0v) is 8.74. The molecule has 0 aliphatic carbocycles. The highest BCUT2D eigenvalue weighted by Gasteiger charge is 2.19. The number of nitrogens with zero attached hydrogens (tertiary/aromatic N) is 2. The number of aromatic nitrogens is 1. The Bertz CT molecular complexity index is 567. The Labute approximate surface area is 96.9 Å². The summed E-state index contributed by atoms with van der Waals surface area (Å²) in [5.41, 5.74) is 0.891. The minimum Gasteiger partial charge on any atom is -0.298 e. The molecule has 0 fully saturated rings. The molecule has 0 spiro atoms. The van der Waals surface area contributed by atoms with E-state index in [0.29, 0.717) is 17.4 Å². The molecule has 1 aromatic carbocycles. The molecule has 84 valence electrons. The van der Waals surface area contributed by atoms with Crippen LogP contribution in [-0.2, 0) is 0 Å². The SMILES string of the molecule is O=Cc1cccc(-c2cccnc2)c1[N+](=O)[O-]. The highest BCUT2D eigenvalue weighted by atomic mass is 16.6. The van der Waals surface area contributed by atoms with Gasteiger partial charge < -0.3 is 0 Å². The van der Waals surface area contributed by atoms with E-state index in [1.54, 1.807) is 30.5 Å². The number of para-hydroxylation sites is 1. The lowest BCUT2D eigenvalue weighted by atomic mass is 10.0. The number of benzene rings is 1. The Morgan fingerprint density at radius 3 is 2.65 bits per heavy atom. The van der Waals surface area contributed by atoms with Crippen LogP contribution >= 0.6 is 0 Å². The monoisotopic (exact) mass is 228 g/mol. The minimum atomic E-state index is -0.550. The summed E-state index contributed by atoms with van der Waals surface area (Å²) < 4.78 is 0. The largest absolute Gasteiger partial charge is 0.298 e. The first-order valence-corrected chi connectivity index (χ1v) is 4.87. The van der Waals surface area contributed by atoms with E-state index < -0.39 is 4.92 Å². The Morgan fingerprint density at radius 1 is 1.24 bits per heavy atom. The Hall–Kier alpha value is -2.56. The molecular formula is C12H8N2O3. The molecule has 0 saturated heterocycles. The predicted octanol–water partition coefficient (Wildman–Crippen LogP) is 2.47. The van der Waals surface area contributed by atoms with Gasteiger partial charge in [0, 0.05) is 18.0 Å². The van der Waals surface area contributed by atoms with E-state index in [9.17, 15) is 14.9 Å². The number of carbonyl (C=O) groups is 1. The average molecular weight is 228 g/mol. The van der Waals surface area contributed by atoms with Gasteiger partial charge in [-0.2, -0.15) is 0 Å².